The summed E-state index contributed by atoms with van der Waals surface area (Å²) in [6.45, 7) is 4.53. The number of amides is 2. The van der Waals surface area contributed by atoms with Gasteiger partial charge in [0.25, 0.3) is 5.91 Å². The van der Waals surface area contributed by atoms with E-state index >= 15 is 0 Å². The first-order valence-corrected chi connectivity index (χ1v) is 12.9. The molecule has 2 amide bonds. The largest absolute Gasteiger partial charge is 0.484 e. The second kappa shape index (κ2) is 13.9. The number of rotatable bonds is 12. The molecule has 7 heteroatoms. The minimum Gasteiger partial charge on any atom is -0.484 e. The van der Waals surface area contributed by atoms with Crippen molar-refractivity contribution in [3.63, 3.8) is 0 Å². The van der Waals surface area contributed by atoms with Gasteiger partial charge in [-0.25, -0.2) is 0 Å². The normalized spacial score (nSPS) is 11.6. The van der Waals surface area contributed by atoms with Crippen molar-refractivity contribution in [2.24, 2.45) is 0 Å². The van der Waals surface area contributed by atoms with Crippen molar-refractivity contribution in [2.45, 2.75) is 45.7 Å². The Morgan fingerprint density at radius 2 is 1.72 bits per heavy atom. The van der Waals surface area contributed by atoms with E-state index in [1.165, 1.54) is 0 Å². The van der Waals surface area contributed by atoms with Gasteiger partial charge in [-0.3, -0.25) is 9.59 Å². The molecule has 3 aromatic carbocycles. The van der Waals surface area contributed by atoms with Gasteiger partial charge >= 0.3 is 0 Å². The molecule has 0 aliphatic rings. The Bertz CT molecular complexity index is 1140. The first-order chi connectivity index (χ1) is 17.4. The number of unbranched alkanes of at least 4 members (excludes halogenated alkanes) is 1. The Kier molecular flexibility index (Phi) is 10.6. The maximum atomic E-state index is 13.6. The molecule has 0 spiro atoms. The first kappa shape index (κ1) is 27.6. The van der Waals surface area contributed by atoms with E-state index in [0.29, 0.717) is 34.3 Å². The van der Waals surface area contributed by atoms with Crippen LogP contribution in [0.2, 0.25) is 10.0 Å². The lowest BCUT2D eigenvalue weighted by molar-refractivity contribution is -0.142. The maximum Gasteiger partial charge on any atom is 0.261 e. The summed E-state index contributed by atoms with van der Waals surface area (Å²) in [5.41, 5.74) is 2.75. The Morgan fingerprint density at radius 1 is 1.00 bits per heavy atom. The molecule has 0 saturated carbocycles. The van der Waals surface area contributed by atoms with Crippen molar-refractivity contribution >= 4 is 35.0 Å². The van der Waals surface area contributed by atoms with Crippen LogP contribution in [0.5, 0.6) is 5.75 Å². The molecule has 0 aromatic heterocycles. The van der Waals surface area contributed by atoms with Crippen LogP contribution < -0.4 is 10.1 Å². The molecular formula is C29H32Cl2N2O3. The van der Waals surface area contributed by atoms with E-state index < -0.39 is 6.04 Å². The molecular weight excluding hydrogens is 495 g/mol. The Balaban J connectivity index is 1.90. The van der Waals surface area contributed by atoms with Gasteiger partial charge in [-0.15, -0.1) is 0 Å². The van der Waals surface area contributed by atoms with E-state index in [1.54, 1.807) is 23.1 Å². The fourth-order valence-corrected chi connectivity index (χ4v) is 4.22. The third-order valence-corrected chi connectivity index (χ3v) is 6.43. The molecule has 5 nitrogen and oxygen atoms in total. The number of aryl methyl sites for hydroxylation is 1. The summed E-state index contributed by atoms with van der Waals surface area (Å²) in [5.74, 6) is 0.0691. The van der Waals surface area contributed by atoms with Crippen LogP contribution in [0.4, 0.5) is 0 Å². The number of benzene rings is 3. The minimum absolute atomic E-state index is 0.144. The van der Waals surface area contributed by atoms with Gasteiger partial charge in [0.1, 0.15) is 11.8 Å². The summed E-state index contributed by atoms with van der Waals surface area (Å²) in [6.07, 6.45) is 2.18. The zero-order valence-corrected chi connectivity index (χ0v) is 22.2. The zero-order chi connectivity index (χ0) is 25.9. The number of hydrogen-bond acceptors (Lipinski definition) is 3. The fourth-order valence-electron chi connectivity index (χ4n) is 3.76. The van der Waals surface area contributed by atoms with Gasteiger partial charge in [-0.05, 0) is 48.7 Å². The van der Waals surface area contributed by atoms with E-state index in [0.717, 1.165) is 24.0 Å². The van der Waals surface area contributed by atoms with Crippen LogP contribution in [-0.2, 0) is 22.6 Å². The Hall–Kier alpha value is -3.02. The molecule has 0 radical (unpaired) electrons. The number of nitrogens with one attached hydrogen (secondary N) is 1. The van der Waals surface area contributed by atoms with E-state index in [2.05, 4.69) is 12.2 Å². The molecule has 0 bridgehead atoms. The maximum absolute atomic E-state index is 13.6. The third kappa shape index (κ3) is 8.28. The lowest BCUT2D eigenvalue weighted by Gasteiger charge is -2.31. The van der Waals surface area contributed by atoms with Crippen LogP contribution in [0.1, 0.15) is 36.5 Å². The summed E-state index contributed by atoms with van der Waals surface area (Å²) < 4.78 is 5.79. The van der Waals surface area contributed by atoms with Gasteiger partial charge in [0.05, 0.1) is 0 Å². The highest BCUT2D eigenvalue weighted by atomic mass is 35.5. The van der Waals surface area contributed by atoms with Gasteiger partial charge in [-0.2, -0.15) is 0 Å². The highest BCUT2D eigenvalue weighted by Crippen LogP contribution is 2.24. The van der Waals surface area contributed by atoms with Crippen molar-refractivity contribution in [1.82, 2.24) is 10.2 Å². The highest BCUT2D eigenvalue weighted by molar-refractivity contribution is 6.35. The van der Waals surface area contributed by atoms with E-state index in [1.807, 2.05) is 61.5 Å². The lowest BCUT2D eigenvalue weighted by Crippen LogP contribution is -2.51. The predicted molar refractivity (Wildman–Crippen MR) is 146 cm³/mol. The van der Waals surface area contributed by atoms with Gasteiger partial charge in [0.2, 0.25) is 5.91 Å². The van der Waals surface area contributed by atoms with Crippen LogP contribution in [0.15, 0.2) is 72.8 Å². The SMILES string of the molecule is CCCCNC(=O)[C@H](Cc1ccccc1)N(Cc1ccc(Cl)cc1Cl)C(=O)COc1ccc(C)cc1. The average molecular weight is 527 g/mol. The van der Waals surface area contributed by atoms with Crippen molar-refractivity contribution in [3.05, 3.63) is 99.5 Å². The molecule has 0 aliphatic heterocycles. The standard InChI is InChI=1S/C29H32Cl2N2O3/c1-3-4-16-32-29(35)27(17-22-8-6-5-7-9-22)33(19-23-12-13-24(30)18-26(23)31)28(34)20-36-25-14-10-21(2)11-15-25/h5-15,18,27H,3-4,16-17,19-20H2,1-2H3,(H,32,35)/t27-/m0/s1. The van der Waals surface area contributed by atoms with Crippen LogP contribution in [0.3, 0.4) is 0 Å². The molecule has 0 unspecified atom stereocenters. The molecule has 0 saturated heterocycles. The Morgan fingerprint density at radius 3 is 2.39 bits per heavy atom. The van der Waals surface area contributed by atoms with Gasteiger partial charge in [0.15, 0.2) is 6.61 Å². The number of hydrogen-bond donors (Lipinski definition) is 1. The van der Waals surface area contributed by atoms with Crippen LogP contribution in [-0.4, -0.2) is 35.9 Å². The quantitative estimate of drug-likeness (QED) is 0.284. The smallest absolute Gasteiger partial charge is 0.261 e. The molecule has 3 rings (SSSR count). The van der Waals surface area contributed by atoms with E-state index in [4.69, 9.17) is 27.9 Å². The fraction of sp³-hybridized carbons (Fsp3) is 0.310. The topological polar surface area (TPSA) is 58.6 Å². The summed E-state index contributed by atoms with van der Waals surface area (Å²) in [7, 11) is 0. The van der Waals surface area contributed by atoms with E-state index in [-0.39, 0.29) is 25.0 Å². The van der Waals surface area contributed by atoms with Gasteiger partial charge in [-0.1, -0.05) is 90.6 Å². The van der Waals surface area contributed by atoms with Crippen molar-refractivity contribution in [3.8, 4) is 5.75 Å². The zero-order valence-electron chi connectivity index (χ0n) is 20.7. The monoisotopic (exact) mass is 526 g/mol. The molecule has 36 heavy (non-hydrogen) atoms. The van der Waals surface area contributed by atoms with Crippen molar-refractivity contribution < 1.29 is 14.3 Å². The van der Waals surface area contributed by atoms with Gasteiger partial charge < -0.3 is 15.0 Å². The predicted octanol–water partition coefficient (Wildman–Crippen LogP) is 6.24. The van der Waals surface area contributed by atoms with Crippen molar-refractivity contribution in [2.75, 3.05) is 13.2 Å². The van der Waals surface area contributed by atoms with E-state index in [9.17, 15) is 9.59 Å². The third-order valence-electron chi connectivity index (χ3n) is 5.84. The molecule has 0 fully saturated rings. The number of carbonyl (C=O) groups excluding carboxylic acids is 2. The van der Waals surface area contributed by atoms with Crippen LogP contribution in [0.25, 0.3) is 0 Å². The summed E-state index contributed by atoms with van der Waals surface area (Å²) in [5, 5.41) is 3.94. The molecule has 0 heterocycles. The average Bonchev–Trinajstić information content (AvgIpc) is 2.87. The molecule has 190 valence electrons. The lowest BCUT2D eigenvalue weighted by atomic mass is 10.0. The molecule has 3 aromatic rings. The summed E-state index contributed by atoms with van der Waals surface area (Å²) >= 11 is 12.5. The summed E-state index contributed by atoms with van der Waals surface area (Å²) in [4.78, 5) is 28.5. The minimum atomic E-state index is -0.745. The number of nitrogens with zero attached hydrogens (tertiary/aromatic N) is 1. The number of carbonyl (C=O) groups is 2. The van der Waals surface area contributed by atoms with Crippen molar-refractivity contribution in [1.29, 1.82) is 0 Å². The van der Waals surface area contributed by atoms with Crippen LogP contribution in [0, 0.1) is 6.92 Å². The van der Waals surface area contributed by atoms with Crippen LogP contribution >= 0.6 is 23.2 Å². The molecule has 1 atom stereocenters. The molecule has 1 N–H and O–H groups in total. The Labute approximate surface area is 223 Å². The first-order valence-electron chi connectivity index (χ1n) is 12.1. The number of ether oxygens (including phenoxy) is 1. The number of halogens is 2. The van der Waals surface area contributed by atoms with Gasteiger partial charge in [0, 0.05) is 29.6 Å². The second-order valence-corrected chi connectivity index (χ2v) is 9.55. The summed E-state index contributed by atoms with van der Waals surface area (Å²) in [6, 6.07) is 21.5. The second-order valence-electron chi connectivity index (χ2n) is 8.71. The highest BCUT2D eigenvalue weighted by Gasteiger charge is 2.31. The molecule has 0 aliphatic carbocycles.